The van der Waals surface area contributed by atoms with Gasteiger partial charge in [0.15, 0.2) is 0 Å². The third-order valence-corrected chi connectivity index (χ3v) is 5.89. The fourth-order valence-electron chi connectivity index (χ4n) is 3.04. The van der Waals surface area contributed by atoms with Crippen molar-refractivity contribution in [3.8, 4) is 0 Å². The Hall–Kier alpha value is -1.57. The van der Waals surface area contributed by atoms with Crippen LogP contribution in [0.4, 0.5) is 26.3 Å². The van der Waals surface area contributed by atoms with Gasteiger partial charge in [-0.3, -0.25) is 9.59 Å². The highest BCUT2D eigenvalue weighted by Gasteiger charge is 2.46. The lowest BCUT2D eigenvalue weighted by atomic mass is 10.0. The summed E-state index contributed by atoms with van der Waals surface area (Å²) in [4.78, 5) is 23.8. The molecule has 12 heteroatoms. The molecule has 0 spiro atoms. The SMILES string of the molecule is C[C@H](c1ccccc1)N(C[C@@H]1CC[C@H](I)[C@@H](NC(=O)C(F)(F)F)O1)C(=O)C(F)(F)F. The van der Waals surface area contributed by atoms with Gasteiger partial charge in [-0.25, -0.2) is 0 Å². The van der Waals surface area contributed by atoms with E-state index < -0.39 is 53.0 Å². The smallest absolute Gasteiger partial charge is 0.352 e. The first-order chi connectivity index (χ1) is 13.8. The van der Waals surface area contributed by atoms with Crippen molar-refractivity contribution in [3.05, 3.63) is 35.9 Å². The summed E-state index contributed by atoms with van der Waals surface area (Å²) in [7, 11) is 0. The van der Waals surface area contributed by atoms with Crippen LogP contribution >= 0.6 is 22.6 Å². The summed E-state index contributed by atoms with van der Waals surface area (Å²) in [6, 6.07) is 7.08. The number of ether oxygens (including phenoxy) is 1. The molecule has 4 atom stereocenters. The number of nitrogens with one attached hydrogen (secondary N) is 1. The molecule has 1 saturated heterocycles. The number of hydrogen-bond donors (Lipinski definition) is 1. The lowest BCUT2D eigenvalue weighted by molar-refractivity contribution is -0.192. The largest absolute Gasteiger partial charge is 0.471 e. The van der Waals surface area contributed by atoms with Crippen molar-refractivity contribution in [3.63, 3.8) is 0 Å². The number of halogens is 7. The van der Waals surface area contributed by atoms with E-state index in [2.05, 4.69) is 0 Å². The maximum atomic E-state index is 13.2. The molecule has 1 aliphatic heterocycles. The highest BCUT2D eigenvalue weighted by atomic mass is 127. The van der Waals surface area contributed by atoms with E-state index >= 15 is 0 Å². The van der Waals surface area contributed by atoms with Gasteiger partial charge in [-0.15, -0.1) is 0 Å². The average Bonchev–Trinajstić information content (AvgIpc) is 2.66. The summed E-state index contributed by atoms with van der Waals surface area (Å²) in [5.74, 6) is -4.27. The topological polar surface area (TPSA) is 58.6 Å². The molecule has 0 bridgehead atoms. The van der Waals surface area contributed by atoms with Gasteiger partial charge in [-0.2, -0.15) is 26.3 Å². The van der Waals surface area contributed by atoms with E-state index in [1.165, 1.54) is 6.92 Å². The Morgan fingerprint density at radius 3 is 2.27 bits per heavy atom. The molecule has 1 aliphatic rings. The van der Waals surface area contributed by atoms with E-state index in [9.17, 15) is 35.9 Å². The summed E-state index contributed by atoms with van der Waals surface area (Å²) >= 11 is 1.81. The van der Waals surface area contributed by atoms with E-state index in [1.807, 2.05) is 0 Å². The first-order valence-electron chi connectivity index (χ1n) is 8.90. The maximum Gasteiger partial charge on any atom is 0.471 e. The summed E-state index contributed by atoms with van der Waals surface area (Å²) in [5.41, 5.74) is 0.458. The van der Waals surface area contributed by atoms with Gasteiger partial charge in [0.25, 0.3) is 0 Å². The molecule has 1 heterocycles. The molecule has 1 N–H and O–H groups in total. The molecule has 0 aromatic heterocycles. The molecule has 5 nitrogen and oxygen atoms in total. The number of rotatable bonds is 5. The lowest BCUT2D eigenvalue weighted by Gasteiger charge is -2.38. The molecule has 1 fully saturated rings. The second kappa shape index (κ2) is 9.71. The van der Waals surface area contributed by atoms with Crippen LogP contribution in [0.15, 0.2) is 30.3 Å². The van der Waals surface area contributed by atoms with Crippen LogP contribution in [0.3, 0.4) is 0 Å². The highest BCUT2D eigenvalue weighted by molar-refractivity contribution is 14.1. The Morgan fingerprint density at radius 2 is 1.73 bits per heavy atom. The molecule has 2 rings (SSSR count). The van der Waals surface area contributed by atoms with Gasteiger partial charge in [-0.1, -0.05) is 52.9 Å². The van der Waals surface area contributed by atoms with Crippen molar-refractivity contribution in [1.29, 1.82) is 0 Å². The van der Waals surface area contributed by atoms with Crippen molar-refractivity contribution in [2.75, 3.05) is 6.54 Å². The lowest BCUT2D eigenvalue weighted by Crippen LogP contribution is -2.54. The van der Waals surface area contributed by atoms with E-state index in [1.54, 1.807) is 58.2 Å². The standard InChI is InChI=1S/C18H19F6IN2O3/c1-10(11-5-3-2-4-6-11)27(16(29)18(22,23)24)9-12-7-8-13(25)14(30-12)26-15(28)17(19,20)21/h2-6,10,12-14H,7-9H2,1H3,(H,26,28)/t10-,12+,13+,14+/m1/s1. The molecule has 30 heavy (non-hydrogen) atoms. The molecule has 1 aromatic rings. The average molecular weight is 552 g/mol. The quantitative estimate of drug-likeness (QED) is 0.340. The Bertz CT molecular complexity index is 744. The number of carbonyl (C=O) groups excluding carboxylic acids is 2. The Morgan fingerprint density at radius 1 is 1.13 bits per heavy atom. The Kier molecular flexibility index (Phi) is 7.99. The predicted octanol–water partition coefficient (Wildman–Crippen LogP) is 4.13. The number of benzene rings is 1. The number of carbonyl (C=O) groups is 2. The summed E-state index contributed by atoms with van der Waals surface area (Å²) in [5, 5.41) is 1.71. The second-order valence-corrected chi connectivity index (χ2v) is 8.39. The van der Waals surface area contributed by atoms with Crippen molar-refractivity contribution in [2.45, 2.75) is 54.4 Å². The molecular formula is C18H19F6IN2O3. The van der Waals surface area contributed by atoms with Crippen LogP contribution in [0.2, 0.25) is 0 Å². The number of amides is 2. The zero-order valence-corrected chi connectivity index (χ0v) is 17.8. The molecule has 0 aliphatic carbocycles. The van der Waals surface area contributed by atoms with Crippen LogP contribution in [0.5, 0.6) is 0 Å². The van der Waals surface area contributed by atoms with Gasteiger partial charge >= 0.3 is 24.2 Å². The zero-order valence-electron chi connectivity index (χ0n) is 15.6. The van der Waals surface area contributed by atoms with E-state index in [0.29, 0.717) is 16.9 Å². The fourth-order valence-corrected chi connectivity index (χ4v) is 3.75. The molecule has 0 unspecified atom stereocenters. The number of nitrogens with zero attached hydrogens (tertiary/aromatic N) is 1. The number of hydrogen-bond acceptors (Lipinski definition) is 3. The van der Waals surface area contributed by atoms with Crippen molar-refractivity contribution in [1.82, 2.24) is 10.2 Å². The second-order valence-electron chi connectivity index (χ2n) is 6.79. The highest BCUT2D eigenvalue weighted by Crippen LogP contribution is 2.31. The Balaban J connectivity index is 2.18. The third-order valence-electron chi connectivity index (χ3n) is 4.62. The third kappa shape index (κ3) is 6.46. The van der Waals surface area contributed by atoms with Gasteiger partial charge in [-0.05, 0) is 25.3 Å². The van der Waals surface area contributed by atoms with Crippen LogP contribution in [0.25, 0.3) is 0 Å². The van der Waals surface area contributed by atoms with Crippen LogP contribution in [-0.2, 0) is 14.3 Å². The van der Waals surface area contributed by atoms with Crippen LogP contribution < -0.4 is 5.32 Å². The van der Waals surface area contributed by atoms with Crippen molar-refractivity contribution in [2.24, 2.45) is 0 Å². The molecule has 1 aromatic carbocycles. The van der Waals surface area contributed by atoms with Crippen molar-refractivity contribution >= 4 is 34.4 Å². The minimum Gasteiger partial charge on any atom is -0.352 e. The van der Waals surface area contributed by atoms with E-state index in [4.69, 9.17) is 4.74 Å². The molecule has 168 valence electrons. The van der Waals surface area contributed by atoms with Crippen LogP contribution in [0, 0.1) is 0 Å². The predicted molar refractivity (Wildman–Crippen MR) is 103 cm³/mol. The maximum absolute atomic E-state index is 13.2. The first kappa shape index (κ1) is 24.7. The Labute approximate surface area is 182 Å². The van der Waals surface area contributed by atoms with Crippen LogP contribution in [-0.4, -0.2) is 51.9 Å². The normalized spacial score (nSPS) is 23.5. The summed E-state index contributed by atoms with van der Waals surface area (Å²) in [6.45, 7) is 0.933. The zero-order chi connectivity index (χ0) is 22.7. The molecular weight excluding hydrogens is 533 g/mol. The van der Waals surface area contributed by atoms with E-state index in [-0.39, 0.29) is 6.42 Å². The van der Waals surface area contributed by atoms with Crippen molar-refractivity contribution < 1.29 is 40.7 Å². The fraction of sp³-hybridized carbons (Fsp3) is 0.556. The van der Waals surface area contributed by atoms with Gasteiger partial charge in [0.05, 0.1) is 16.1 Å². The molecule has 0 radical (unpaired) electrons. The minimum atomic E-state index is -5.13. The van der Waals surface area contributed by atoms with Gasteiger partial charge in [0.2, 0.25) is 0 Å². The van der Waals surface area contributed by atoms with Gasteiger partial charge in [0, 0.05) is 6.54 Å². The molecule has 2 amide bonds. The number of alkyl halides is 7. The monoisotopic (exact) mass is 552 g/mol. The van der Waals surface area contributed by atoms with Gasteiger partial charge in [0.1, 0.15) is 6.23 Å². The summed E-state index contributed by atoms with van der Waals surface area (Å²) in [6.07, 6.45) is -12.1. The minimum absolute atomic E-state index is 0.217. The van der Waals surface area contributed by atoms with E-state index in [0.717, 1.165) is 0 Å². The van der Waals surface area contributed by atoms with Gasteiger partial charge < -0.3 is 15.0 Å². The van der Waals surface area contributed by atoms with Crippen LogP contribution in [0.1, 0.15) is 31.4 Å². The first-order valence-corrected chi connectivity index (χ1v) is 10.1. The summed E-state index contributed by atoms with van der Waals surface area (Å²) < 4.78 is 82.0. The molecule has 0 saturated carbocycles.